The number of carbonyl (C=O) groups excluding carboxylic acids is 1. The molecule has 0 aromatic carbocycles. The van der Waals surface area contributed by atoms with Gasteiger partial charge in [0.2, 0.25) is 0 Å². The van der Waals surface area contributed by atoms with Gasteiger partial charge in [0.1, 0.15) is 5.69 Å². The molecule has 7 heteroatoms. The summed E-state index contributed by atoms with van der Waals surface area (Å²) in [6.07, 6.45) is 3.33. The molecule has 0 N–H and O–H groups in total. The van der Waals surface area contributed by atoms with Gasteiger partial charge in [0, 0.05) is 27.2 Å². The maximum atomic E-state index is 12.6. The predicted molar refractivity (Wildman–Crippen MR) is 90.1 cm³/mol. The van der Waals surface area contributed by atoms with Gasteiger partial charge in [-0.3, -0.25) is 9.48 Å². The molecule has 1 fully saturated rings. The van der Waals surface area contributed by atoms with E-state index >= 15 is 0 Å². The first kappa shape index (κ1) is 15.1. The largest absolute Gasteiger partial charge is 0.351 e. The first-order valence-electron chi connectivity index (χ1n) is 8.41. The Kier molecular flexibility index (Phi) is 3.51. The molecule has 0 bridgehead atoms. The van der Waals surface area contributed by atoms with Crippen LogP contribution in [0.1, 0.15) is 33.9 Å². The Labute approximate surface area is 141 Å². The van der Waals surface area contributed by atoms with E-state index in [0.29, 0.717) is 5.69 Å². The van der Waals surface area contributed by atoms with Crippen LogP contribution < -0.4 is 4.90 Å². The summed E-state index contributed by atoms with van der Waals surface area (Å²) in [4.78, 5) is 16.6. The lowest BCUT2D eigenvalue weighted by Crippen LogP contribution is -2.60. The van der Waals surface area contributed by atoms with Gasteiger partial charge in [0.15, 0.2) is 5.82 Å². The van der Waals surface area contributed by atoms with Gasteiger partial charge in [-0.2, -0.15) is 10.2 Å². The molecular weight excluding hydrogens is 304 g/mol. The number of amides is 1. The number of aryl methyl sites for hydroxylation is 4. The molecule has 2 aliphatic rings. The monoisotopic (exact) mass is 326 g/mol. The lowest BCUT2D eigenvalue weighted by Gasteiger charge is -2.44. The van der Waals surface area contributed by atoms with Gasteiger partial charge in [-0.1, -0.05) is 0 Å². The van der Waals surface area contributed by atoms with Crippen molar-refractivity contribution >= 4 is 11.7 Å². The molecule has 0 radical (unpaired) electrons. The van der Waals surface area contributed by atoms with Gasteiger partial charge < -0.3 is 9.80 Å². The minimum absolute atomic E-state index is 0.0165. The summed E-state index contributed by atoms with van der Waals surface area (Å²) in [6, 6.07) is 4.20. The third-order valence-electron chi connectivity index (χ3n) is 5.08. The van der Waals surface area contributed by atoms with Crippen molar-refractivity contribution in [3.63, 3.8) is 0 Å². The third kappa shape index (κ3) is 2.44. The number of rotatable bonds is 3. The highest BCUT2D eigenvalue weighted by Gasteiger charge is 2.35. The van der Waals surface area contributed by atoms with Crippen LogP contribution in [0.5, 0.6) is 0 Å². The SMILES string of the molecule is Cc1cc(C(=O)N(C)C2CN(c3cc4c(nn3)CCC4)C2)n(C)n1. The zero-order chi connectivity index (χ0) is 16.8. The van der Waals surface area contributed by atoms with Crippen LogP contribution in [-0.4, -0.2) is 57.0 Å². The van der Waals surface area contributed by atoms with E-state index in [-0.39, 0.29) is 11.9 Å². The van der Waals surface area contributed by atoms with Crippen LogP contribution >= 0.6 is 0 Å². The molecule has 126 valence electrons. The summed E-state index contributed by atoms with van der Waals surface area (Å²) >= 11 is 0. The minimum atomic E-state index is 0.0165. The Bertz CT molecular complexity index is 792. The molecule has 0 unspecified atom stereocenters. The van der Waals surface area contributed by atoms with Crippen molar-refractivity contribution in [1.82, 2.24) is 24.9 Å². The van der Waals surface area contributed by atoms with E-state index in [1.165, 1.54) is 12.0 Å². The van der Waals surface area contributed by atoms with Crippen LogP contribution in [0.15, 0.2) is 12.1 Å². The number of hydrogen-bond acceptors (Lipinski definition) is 5. The van der Waals surface area contributed by atoms with Crippen LogP contribution in [0, 0.1) is 6.92 Å². The average molecular weight is 326 g/mol. The van der Waals surface area contributed by atoms with Crippen molar-refractivity contribution in [3.05, 3.63) is 34.8 Å². The Balaban J connectivity index is 1.41. The maximum absolute atomic E-state index is 12.6. The molecule has 2 aromatic heterocycles. The number of likely N-dealkylation sites (N-methyl/N-ethyl adjacent to an activating group) is 1. The van der Waals surface area contributed by atoms with E-state index < -0.39 is 0 Å². The van der Waals surface area contributed by atoms with Gasteiger partial charge in [-0.05, 0) is 43.9 Å². The van der Waals surface area contributed by atoms with Crippen LogP contribution in [-0.2, 0) is 19.9 Å². The molecule has 1 aliphatic carbocycles. The standard InChI is InChI=1S/C17H22N6O/c1-11-7-15(22(3)20-11)17(24)21(2)13-9-23(10-13)16-8-12-5-4-6-14(12)18-19-16/h7-8,13H,4-6,9-10H2,1-3H3. The molecule has 1 amide bonds. The summed E-state index contributed by atoms with van der Waals surface area (Å²) in [5, 5.41) is 12.9. The second-order valence-corrected chi connectivity index (χ2v) is 6.80. The van der Waals surface area contributed by atoms with Crippen molar-refractivity contribution in [3.8, 4) is 0 Å². The van der Waals surface area contributed by atoms with Gasteiger partial charge in [-0.15, -0.1) is 5.10 Å². The number of hydrogen-bond donors (Lipinski definition) is 0. The third-order valence-corrected chi connectivity index (χ3v) is 5.08. The van der Waals surface area contributed by atoms with E-state index in [1.54, 1.807) is 11.7 Å². The smallest absolute Gasteiger partial charge is 0.272 e. The van der Waals surface area contributed by atoms with Crippen LogP contribution in [0.3, 0.4) is 0 Å². The summed E-state index contributed by atoms with van der Waals surface area (Å²) in [5.74, 6) is 0.951. The number of carbonyl (C=O) groups is 1. The Hall–Kier alpha value is -2.44. The predicted octanol–water partition coefficient (Wildman–Crippen LogP) is 0.968. The summed E-state index contributed by atoms with van der Waals surface area (Å²) in [7, 11) is 3.67. The number of nitrogens with zero attached hydrogens (tertiary/aromatic N) is 6. The molecule has 2 aromatic rings. The number of anilines is 1. The highest BCUT2D eigenvalue weighted by molar-refractivity contribution is 5.93. The first-order chi connectivity index (χ1) is 11.5. The lowest BCUT2D eigenvalue weighted by atomic mass is 10.1. The van der Waals surface area contributed by atoms with E-state index in [4.69, 9.17) is 0 Å². The van der Waals surface area contributed by atoms with Crippen molar-refractivity contribution in [2.24, 2.45) is 7.05 Å². The minimum Gasteiger partial charge on any atom is -0.351 e. The summed E-state index contributed by atoms with van der Waals surface area (Å²) in [5.41, 5.74) is 3.97. The average Bonchev–Trinajstić information content (AvgIpc) is 3.10. The maximum Gasteiger partial charge on any atom is 0.272 e. The van der Waals surface area contributed by atoms with Crippen molar-refractivity contribution in [2.45, 2.75) is 32.2 Å². The lowest BCUT2D eigenvalue weighted by molar-refractivity contribution is 0.0694. The van der Waals surface area contributed by atoms with Crippen LogP contribution in [0.2, 0.25) is 0 Å². The van der Waals surface area contributed by atoms with Crippen molar-refractivity contribution < 1.29 is 4.79 Å². The molecule has 4 rings (SSSR count). The zero-order valence-electron chi connectivity index (χ0n) is 14.4. The molecular formula is C17H22N6O. The fourth-order valence-electron chi connectivity index (χ4n) is 3.52. The molecule has 0 atom stereocenters. The van der Waals surface area contributed by atoms with E-state index in [9.17, 15) is 4.79 Å². The quantitative estimate of drug-likeness (QED) is 0.841. The first-order valence-corrected chi connectivity index (χ1v) is 8.41. The number of fused-ring (bicyclic) bond motifs is 1. The molecule has 3 heterocycles. The molecule has 24 heavy (non-hydrogen) atoms. The summed E-state index contributed by atoms with van der Waals surface area (Å²) < 4.78 is 1.65. The molecule has 7 nitrogen and oxygen atoms in total. The van der Waals surface area contributed by atoms with Gasteiger partial charge in [0.05, 0.1) is 17.4 Å². The fourth-order valence-corrected chi connectivity index (χ4v) is 3.52. The second-order valence-electron chi connectivity index (χ2n) is 6.80. The summed E-state index contributed by atoms with van der Waals surface area (Å²) in [6.45, 7) is 3.49. The molecule has 1 saturated heterocycles. The van der Waals surface area contributed by atoms with Gasteiger partial charge in [-0.25, -0.2) is 0 Å². The van der Waals surface area contributed by atoms with Crippen molar-refractivity contribution in [2.75, 3.05) is 25.0 Å². The Morgan fingerprint density at radius 2 is 2.04 bits per heavy atom. The molecule has 0 saturated carbocycles. The fraction of sp³-hybridized carbons (Fsp3) is 0.529. The molecule has 1 aliphatic heterocycles. The van der Waals surface area contributed by atoms with Crippen LogP contribution in [0.25, 0.3) is 0 Å². The van der Waals surface area contributed by atoms with Gasteiger partial charge >= 0.3 is 0 Å². The number of aromatic nitrogens is 4. The van der Waals surface area contributed by atoms with E-state index in [1.807, 2.05) is 24.9 Å². The van der Waals surface area contributed by atoms with E-state index in [0.717, 1.165) is 43.1 Å². The van der Waals surface area contributed by atoms with Gasteiger partial charge in [0.25, 0.3) is 5.91 Å². The normalized spacial score (nSPS) is 16.9. The van der Waals surface area contributed by atoms with Crippen molar-refractivity contribution in [1.29, 1.82) is 0 Å². The highest BCUT2D eigenvalue weighted by atomic mass is 16.2. The Morgan fingerprint density at radius 3 is 2.75 bits per heavy atom. The topological polar surface area (TPSA) is 67.2 Å². The second kappa shape index (κ2) is 5.58. The highest BCUT2D eigenvalue weighted by Crippen LogP contribution is 2.26. The zero-order valence-corrected chi connectivity index (χ0v) is 14.4. The Morgan fingerprint density at radius 1 is 1.25 bits per heavy atom. The van der Waals surface area contributed by atoms with E-state index in [2.05, 4.69) is 26.3 Å². The van der Waals surface area contributed by atoms with Crippen LogP contribution in [0.4, 0.5) is 5.82 Å². The molecule has 0 spiro atoms.